The highest BCUT2D eigenvalue weighted by Gasteiger charge is 2.12. The fourth-order valence-electron chi connectivity index (χ4n) is 2.17. The van der Waals surface area contributed by atoms with Crippen LogP contribution in [-0.2, 0) is 20.9 Å². The highest BCUT2D eigenvalue weighted by Crippen LogP contribution is 2.03. The first kappa shape index (κ1) is 20.0. The molecule has 0 saturated carbocycles. The zero-order valence-electron chi connectivity index (χ0n) is 14.9. The maximum Gasteiger partial charge on any atom is 0.321 e. The standard InChI is InChI=1S/C17H21N5O5/c1-2-3-9-18-17(26)19-14(23)11-27-15(24)8-10-22-16(25)12-6-4-5-7-13(12)20-21-22/h4-7H,2-3,8-11H2,1H3,(H2,18,19,23,26). The first-order valence-electron chi connectivity index (χ1n) is 8.57. The van der Waals surface area contributed by atoms with Gasteiger partial charge in [-0.2, -0.15) is 0 Å². The Bertz CT molecular complexity index is 879. The van der Waals surface area contributed by atoms with E-state index in [1.54, 1.807) is 24.3 Å². The predicted octanol–water partition coefficient (Wildman–Crippen LogP) is 0.351. The number of fused-ring (bicyclic) bond motifs is 1. The first-order chi connectivity index (χ1) is 13.0. The number of rotatable bonds is 8. The Kier molecular flexibility index (Phi) is 7.41. The molecule has 10 nitrogen and oxygen atoms in total. The molecule has 1 aromatic heterocycles. The molecule has 0 saturated heterocycles. The topological polar surface area (TPSA) is 132 Å². The number of amides is 3. The third-order valence-corrected chi connectivity index (χ3v) is 3.59. The van der Waals surface area contributed by atoms with E-state index in [0.29, 0.717) is 17.4 Å². The second-order valence-corrected chi connectivity index (χ2v) is 5.70. The van der Waals surface area contributed by atoms with Crippen LogP contribution in [0, 0.1) is 0 Å². The van der Waals surface area contributed by atoms with Crippen molar-refractivity contribution in [1.29, 1.82) is 0 Å². The summed E-state index contributed by atoms with van der Waals surface area (Å²) in [6.07, 6.45) is 1.55. The van der Waals surface area contributed by atoms with Gasteiger partial charge in [0.1, 0.15) is 5.52 Å². The van der Waals surface area contributed by atoms with Crippen LogP contribution in [0.1, 0.15) is 26.2 Å². The summed E-state index contributed by atoms with van der Waals surface area (Å²) in [5.74, 6) is -1.43. The molecule has 0 aliphatic rings. The number of hydrogen-bond donors (Lipinski definition) is 2. The molecular weight excluding hydrogens is 354 g/mol. The van der Waals surface area contributed by atoms with Gasteiger partial charge in [-0.3, -0.25) is 19.7 Å². The number of hydrogen-bond acceptors (Lipinski definition) is 7. The Labute approximate surface area is 154 Å². The summed E-state index contributed by atoms with van der Waals surface area (Å²) in [7, 11) is 0. The maximum atomic E-state index is 12.2. The highest BCUT2D eigenvalue weighted by atomic mass is 16.5. The van der Waals surface area contributed by atoms with E-state index in [1.807, 2.05) is 6.92 Å². The van der Waals surface area contributed by atoms with Crippen LogP contribution in [0.15, 0.2) is 29.1 Å². The molecule has 0 bridgehead atoms. The average Bonchev–Trinajstić information content (AvgIpc) is 2.66. The zero-order valence-corrected chi connectivity index (χ0v) is 14.9. The quantitative estimate of drug-likeness (QED) is 0.502. The Morgan fingerprint density at radius 1 is 1.22 bits per heavy atom. The van der Waals surface area contributed by atoms with Crippen molar-refractivity contribution in [3.8, 4) is 0 Å². The number of benzene rings is 1. The first-order valence-corrected chi connectivity index (χ1v) is 8.57. The lowest BCUT2D eigenvalue weighted by Crippen LogP contribution is -2.41. The monoisotopic (exact) mass is 375 g/mol. The normalized spacial score (nSPS) is 10.4. The lowest BCUT2D eigenvalue weighted by Gasteiger charge is -2.07. The number of nitrogens with zero attached hydrogens (tertiary/aromatic N) is 3. The number of aromatic nitrogens is 3. The van der Waals surface area contributed by atoms with Crippen LogP contribution in [0.3, 0.4) is 0 Å². The number of esters is 1. The van der Waals surface area contributed by atoms with E-state index in [0.717, 1.165) is 17.5 Å². The Hall–Kier alpha value is -3.30. The molecule has 27 heavy (non-hydrogen) atoms. The van der Waals surface area contributed by atoms with Crippen molar-refractivity contribution in [3.63, 3.8) is 0 Å². The number of urea groups is 1. The van der Waals surface area contributed by atoms with Crippen LogP contribution >= 0.6 is 0 Å². The van der Waals surface area contributed by atoms with Crippen LogP contribution in [0.4, 0.5) is 4.79 Å². The van der Waals surface area contributed by atoms with Crippen molar-refractivity contribution in [2.75, 3.05) is 13.2 Å². The third-order valence-electron chi connectivity index (χ3n) is 3.59. The lowest BCUT2D eigenvalue weighted by molar-refractivity contribution is -0.148. The molecule has 2 N–H and O–H groups in total. The van der Waals surface area contributed by atoms with E-state index < -0.39 is 24.5 Å². The molecule has 0 radical (unpaired) electrons. The van der Waals surface area contributed by atoms with Gasteiger partial charge in [-0.1, -0.05) is 30.7 Å². The van der Waals surface area contributed by atoms with Crippen molar-refractivity contribution in [3.05, 3.63) is 34.6 Å². The number of aryl methyl sites for hydroxylation is 1. The SMILES string of the molecule is CCCCNC(=O)NC(=O)COC(=O)CCn1nnc2ccccc2c1=O. The van der Waals surface area contributed by atoms with Crippen LogP contribution in [0.5, 0.6) is 0 Å². The molecule has 0 unspecified atom stereocenters. The van der Waals surface area contributed by atoms with Crippen LogP contribution in [-0.4, -0.2) is 46.1 Å². The van der Waals surface area contributed by atoms with Gasteiger partial charge in [-0.05, 0) is 18.6 Å². The second kappa shape index (κ2) is 10.00. The molecule has 10 heteroatoms. The van der Waals surface area contributed by atoms with Gasteiger partial charge in [-0.15, -0.1) is 5.10 Å². The fourth-order valence-corrected chi connectivity index (χ4v) is 2.17. The molecule has 2 aromatic rings. The number of carbonyl (C=O) groups excluding carboxylic acids is 3. The smallest absolute Gasteiger partial charge is 0.321 e. The Balaban J connectivity index is 1.76. The number of ether oxygens (including phenoxy) is 1. The van der Waals surface area contributed by atoms with Crippen molar-refractivity contribution in [1.82, 2.24) is 25.6 Å². The summed E-state index contributed by atoms with van der Waals surface area (Å²) in [6, 6.07) is 6.10. The van der Waals surface area contributed by atoms with Gasteiger partial charge < -0.3 is 10.1 Å². The molecule has 0 aliphatic heterocycles. The number of carbonyl (C=O) groups is 3. The van der Waals surface area contributed by atoms with E-state index in [1.165, 1.54) is 0 Å². The molecule has 2 rings (SSSR count). The van der Waals surface area contributed by atoms with E-state index in [-0.39, 0.29) is 18.5 Å². The molecule has 144 valence electrons. The van der Waals surface area contributed by atoms with E-state index in [2.05, 4.69) is 20.9 Å². The fraction of sp³-hybridized carbons (Fsp3) is 0.412. The predicted molar refractivity (Wildman–Crippen MR) is 95.8 cm³/mol. The van der Waals surface area contributed by atoms with Gasteiger partial charge in [0.05, 0.1) is 18.4 Å². The number of nitrogens with one attached hydrogen (secondary N) is 2. The second-order valence-electron chi connectivity index (χ2n) is 5.70. The molecule has 1 heterocycles. The van der Waals surface area contributed by atoms with Gasteiger partial charge in [0.15, 0.2) is 6.61 Å². The summed E-state index contributed by atoms with van der Waals surface area (Å²) in [5, 5.41) is 12.6. The maximum absolute atomic E-state index is 12.2. The van der Waals surface area contributed by atoms with E-state index in [4.69, 9.17) is 4.74 Å². The largest absolute Gasteiger partial charge is 0.456 e. The average molecular weight is 375 g/mol. The molecule has 1 aromatic carbocycles. The third kappa shape index (κ3) is 6.17. The molecule has 0 aliphatic carbocycles. The molecule has 0 spiro atoms. The van der Waals surface area contributed by atoms with Gasteiger partial charge in [0.2, 0.25) is 0 Å². The summed E-state index contributed by atoms with van der Waals surface area (Å²) >= 11 is 0. The van der Waals surface area contributed by atoms with Gasteiger partial charge >= 0.3 is 12.0 Å². The summed E-state index contributed by atoms with van der Waals surface area (Å²) in [5.41, 5.74) is 0.102. The van der Waals surface area contributed by atoms with Gasteiger partial charge in [0, 0.05) is 6.54 Å². The van der Waals surface area contributed by atoms with E-state index in [9.17, 15) is 19.2 Å². The number of imide groups is 1. The van der Waals surface area contributed by atoms with Gasteiger partial charge in [-0.25, -0.2) is 9.48 Å². The van der Waals surface area contributed by atoms with Gasteiger partial charge in [0.25, 0.3) is 11.5 Å². The van der Waals surface area contributed by atoms with E-state index >= 15 is 0 Å². The zero-order chi connectivity index (χ0) is 19.6. The van der Waals surface area contributed by atoms with Crippen molar-refractivity contribution in [2.45, 2.75) is 32.7 Å². The van der Waals surface area contributed by atoms with Crippen LogP contribution < -0.4 is 16.2 Å². The summed E-state index contributed by atoms with van der Waals surface area (Å²) < 4.78 is 5.85. The minimum Gasteiger partial charge on any atom is -0.456 e. The lowest BCUT2D eigenvalue weighted by atomic mass is 10.2. The van der Waals surface area contributed by atoms with Crippen molar-refractivity contribution >= 4 is 28.8 Å². The summed E-state index contributed by atoms with van der Waals surface area (Å²) in [4.78, 5) is 46.9. The minimum atomic E-state index is -0.736. The Morgan fingerprint density at radius 2 is 2.00 bits per heavy atom. The summed E-state index contributed by atoms with van der Waals surface area (Å²) in [6.45, 7) is 1.81. The van der Waals surface area contributed by atoms with Crippen molar-refractivity contribution < 1.29 is 19.1 Å². The van der Waals surface area contributed by atoms with Crippen LogP contribution in [0.25, 0.3) is 10.9 Å². The van der Waals surface area contributed by atoms with Crippen molar-refractivity contribution in [2.24, 2.45) is 0 Å². The molecular formula is C17H21N5O5. The molecule has 0 atom stereocenters. The van der Waals surface area contributed by atoms with Crippen LogP contribution in [0.2, 0.25) is 0 Å². The minimum absolute atomic E-state index is 0.0331. The Morgan fingerprint density at radius 3 is 2.78 bits per heavy atom. The highest BCUT2D eigenvalue weighted by molar-refractivity contribution is 5.95. The molecule has 0 fully saturated rings. The number of unbranched alkanes of at least 4 members (excludes halogenated alkanes) is 1. The molecule has 3 amide bonds.